The van der Waals surface area contributed by atoms with Crippen molar-refractivity contribution < 1.29 is 19.1 Å². The summed E-state index contributed by atoms with van der Waals surface area (Å²) >= 11 is 6.43. The summed E-state index contributed by atoms with van der Waals surface area (Å²) in [6.07, 6.45) is 1.50. The van der Waals surface area contributed by atoms with E-state index in [-0.39, 0.29) is 24.0 Å². The van der Waals surface area contributed by atoms with Crippen molar-refractivity contribution >= 4 is 46.1 Å². The van der Waals surface area contributed by atoms with Gasteiger partial charge in [0, 0.05) is 87.2 Å². The molecule has 3 fully saturated rings. The average Bonchev–Trinajstić information content (AvgIpc) is 3.70. The summed E-state index contributed by atoms with van der Waals surface area (Å²) < 4.78 is 5.93. The van der Waals surface area contributed by atoms with Crippen molar-refractivity contribution in [3.63, 3.8) is 0 Å². The maximum Gasteiger partial charge on any atom is 0.414 e. The maximum atomic E-state index is 13.4. The van der Waals surface area contributed by atoms with Crippen LogP contribution in [0.25, 0.3) is 10.9 Å². The van der Waals surface area contributed by atoms with Gasteiger partial charge in [-0.15, -0.1) is 0 Å². The van der Waals surface area contributed by atoms with Crippen LogP contribution in [0.4, 0.5) is 10.5 Å². The second-order valence-electron chi connectivity index (χ2n) is 12.3. The number of fused-ring (bicyclic) bond motifs is 2. The summed E-state index contributed by atoms with van der Waals surface area (Å²) in [5.74, 6) is 1.06. The first kappa shape index (κ1) is 29.5. The van der Waals surface area contributed by atoms with Crippen LogP contribution in [0.3, 0.4) is 0 Å². The Balaban J connectivity index is 1.02. The lowest BCUT2D eigenvalue weighted by Gasteiger charge is -2.32. The van der Waals surface area contributed by atoms with Gasteiger partial charge in [0.2, 0.25) is 5.91 Å². The number of rotatable bonds is 7. The van der Waals surface area contributed by atoms with Gasteiger partial charge in [0.1, 0.15) is 11.8 Å². The number of para-hydroxylation sites is 1. The number of nitrogens with zero attached hydrogens (tertiary/aromatic N) is 4. The van der Waals surface area contributed by atoms with Crippen molar-refractivity contribution in [2.24, 2.45) is 11.8 Å². The van der Waals surface area contributed by atoms with Gasteiger partial charge < -0.3 is 24.4 Å². The second kappa shape index (κ2) is 12.6. The van der Waals surface area contributed by atoms with Crippen LogP contribution in [-0.4, -0.2) is 96.1 Å². The molecule has 3 aliphatic heterocycles. The fourth-order valence-electron chi connectivity index (χ4n) is 6.82. The molecule has 0 aliphatic carbocycles. The summed E-state index contributed by atoms with van der Waals surface area (Å²) in [7, 11) is 0. The van der Waals surface area contributed by atoms with Crippen LogP contribution >= 0.6 is 11.6 Å². The number of likely N-dealkylation sites (tertiary alicyclic amines) is 3. The van der Waals surface area contributed by atoms with Gasteiger partial charge in [-0.05, 0) is 61.6 Å². The Labute approximate surface area is 257 Å². The van der Waals surface area contributed by atoms with E-state index in [0.29, 0.717) is 55.0 Å². The van der Waals surface area contributed by atoms with Crippen molar-refractivity contribution in [2.75, 3.05) is 57.3 Å². The summed E-state index contributed by atoms with van der Waals surface area (Å²) in [5.41, 5.74) is 3.33. The number of aromatic amines is 1. The van der Waals surface area contributed by atoms with Crippen LogP contribution in [0.2, 0.25) is 5.02 Å². The first-order valence-electron chi connectivity index (χ1n) is 15.3. The molecule has 4 heterocycles. The molecule has 0 radical (unpaired) electrons. The molecule has 0 spiro atoms. The smallest absolute Gasteiger partial charge is 0.414 e. The molecule has 2 aromatic carbocycles. The Kier molecular flexibility index (Phi) is 8.63. The Morgan fingerprint density at radius 1 is 0.977 bits per heavy atom. The highest BCUT2D eigenvalue weighted by Gasteiger charge is 2.41. The zero-order chi connectivity index (χ0) is 30.1. The van der Waals surface area contributed by atoms with Crippen molar-refractivity contribution in [1.82, 2.24) is 19.7 Å². The molecule has 3 aliphatic rings. The van der Waals surface area contributed by atoms with Crippen molar-refractivity contribution in [3.05, 3.63) is 64.8 Å². The molecule has 228 valence electrons. The monoisotopic (exact) mass is 605 g/mol. The number of anilines is 1. The predicted molar refractivity (Wildman–Crippen MR) is 168 cm³/mol. The lowest BCUT2D eigenvalue weighted by atomic mass is 10.0. The molecule has 1 N–H and O–H groups in total. The first-order valence-corrected chi connectivity index (χ1v) is 15.7. The summed E-state index contributed by atoms with van der Waals surface area (Å²) in [6, 6.07) is 15.6. The molecular formula is C33H40ClN5O4. The molecule has 43 heavy (non-hydrogen) atoms. The molecule has 2 unspecified atom stereocenters. The molecule has 1 aromatic heterocycles. The van der Waals surface area contributed by atoms with E-state index in [1.165, 1.54) is 0 Å². The number of carbonyl (C=O) groups is 3. The van der Waals surface area contributed by atoms with Crippen LogP contribution in [0.1, 0.15) is 42.2 Å². The third-order valence-corrected chi connectivity index (χ3v) is 9.71. The molecule has 0 saturated carbocycles. The minimum atomic E-state index is -0.370. The van der Waals surface area contributed by atoms with Crippen LogP contribution < -0.4 is 4.90 Å². The third-order valence-electron chi connectivity index (χ3n) is 9.31. The normalized spacial score (nSPS) is 20.9. The number of amides is 3. The van der Waals surface area contributed by atoms with Gasteiger partial charge >= 0.3 is 6.09 Å². The van der Waals surface area contributed by atoms with Gasteiger partial charge in [-0.25, -0.2) is 4.79 Å². The summed E-state index contributed by atoms with van der Waals surface area (Å²) in [5, 5.41) is 1.67. The summed E-state index contributed by atoms with van der Waals surface area (Å²) in [6.45, 7) is 9.56. The molecule has 3 saturated heterocycles. The van der Waals surface area contributed by atoms with E-state index in [9.17, 15) is 14.4 Å². The minimum Gasteiger partial charge on any atom is -0.446 e. The van der Waals surface area contributed by atoms with Crippen molar-refractivity contribution in [2.45, 2.75) is 39.2 Å². The molecule has 2 atom stereocenters. The summed E-state index contributed by atoms with van der Waals surface area (Å²) in [4.78, 5) is 49.5. The predicted octanol–water partition coefficient (Wildman–Crippen LogP) is 5.18. The van der Waals surface area contributed by atoms with Gasteiger partial charge in [0.05, 0.1) is 0 Å². The zero-order valence-electron chi connectivity index (χ0n) is 24.9. The fraction of sp³-hybridized carbons (Fsp3) is 0.485. The van der Waals surface area contributed by atoms with E-state index in [0.717, 1.165) is 61.3 Å². The van der Waals surface area contributed by atoms with E-state index in [1.54, 1.807) is 16.7 Å². The van der Waals surface area contributed by atoms with E-state index in [2.05, 4.69) is 9.88 Å². The topological polar surface area (TPSA) is 89.2 Å². The molecule has 6 rings (SSSR count). The Bertz CT molecular complexity index is 1450. The standard InChI is InChI=1S/C33H40ClN5O4/c1-22-8-9-27(17-29(22)34)39(33(42)43-28-10-14-37(15-11-28)23(2)40)13-5-12-36-18-25-20-38(21-26(25)19-36)32(41)31-16-24-6-3-4-7-30(24)35-31/h3-4,6-9,16-17,25-26,28,35H,5,10-15,18-21H2,1-2H3. The SMILES string of the molecule is CC(=O)N1CCC(OC(=O)N(CCCN2CC3CN(C(=O)c4cc5ccccc5[nH]4)CC3C2)c2ccc(C)c(Cl)c2)CC1. The number of ether oxygens (including phenoxy) is 1. The van der Waals surface area contributed by atoms with Crippen molar-refractivity contribution in [1.29, 1.82) is 0 Å². The van der Waals surface area contributed by atoms with E-state index >= 15 is 0 Å². The molecule has 9 nitrogen and oxygen atoms in total. The molecule has 10 heteroatoms. The molecule has 0 bridgehead atoms. The lowest BCUT2D eigenvalue weighted by molar-refractivity contribution is -0.130. The fourth-order valence-corrected chi connectivity index (χ4v) is 7.00. The second-order valence-corrected chi connectivity index (χ2v) is 12.7. The van der Waals surface area contributed by atoms with Crippen LogP contribution in [0.15, 0.2) is 48.5 Å². The number of nitrogens with one attached hydrogen (secondary N) is 1. The van der Waals surface area contributed by atoms with E-state index in [1.807, 2.05) is 60.4 Å². The van der Waals surface area contributed by atoms with Gasteiger partial charge in [-0.2, -0.15) is 0 Å². The highest BCUT2D eigenvalue weighted by molar-refractivity contribution is 6.31. The number of hydrogen-bond acceptors (Lipinski definition) is 5. The van der Waals surface area contributed by atoms with Gasteiger partial charge in [-0.1, -0.05) is 35.9 Å². The molecule has 3 aromatic rings. The number of piperidine rings is 1. The number of hydrogen-bond donors (Lipinski definition) is 1. The van der Waals surface area contributed by atoms with Crippen LogP contribution in [-0.2, 0) is 9.53 Å². The van der Waals surface area contributed by atoms with Gasteiger partial charge in [0.25, 0.3) is 5.91 Å². The number of aromatic nitrogens is 1. The lowest BCUT2D eigenvalue weighted by Crippen LogP contribution is -2.43. The number of halogens is 1. The quantitative estimate of drug-likeness (QED) is 0.401. The average molecular weight is 606 g/mol. The zero-order valence-corrected chi connectivity index (χ0v) is 25.7. The number of H-pyrrole nitrogens is 1. The largest absolute Gasteiger partial charge is 0.446 e. The Morgan fingerprint density at radius 2 is 1.70 bits per heavy atom. The van der Waals surface area contributed by atoms with Crippen LogP contribution in [0.5, 0.6) is 0 Å². The maximum absolute atomic E-state index is 13.4. The van der Waals surface area contributed by atoms with Gasteiger partial charge in [0.15, 0.2) is 0 Å². The number of carbonyl (C=O) groups excluding carboxylic acids is 3. The number of aryl methyl sites for hydroxylation is 1. The highest BCUT2D eigenvalue weighted by Crippen LogP contribution is 2.32. The Morgan fingerprint density at radius 3 is 2.37 bits per heavy atom. The van der Waals surface area contributed by atoms with Crippen LogP contribution in [0, 0.1) is 18.8 Å². The first-order chi connectivity index (χ1) is 20.7. The minimum absolute atomic E-state index is 0.0558. The van der Waals surface area contributed by atoms with Gasteiger partial charge in [-0.3, -0.25) is 14.5 Å². The molecular weight excluding hydrogens is 566 g/mol. The van der Waals surface area contributed by atoms with E-state index in [4.69, 9.17) is 16.3 Å². The third kappa shape index (κ3) is 6.53. The van der Waals surface area contributed by atoms with E-state index < -0.39 is 0 Å². The van der Waals surface area contributed by atoms with Crippen molar-refractivity contribution in [3.8, 4) is 0 Å². The molecule has 3 amide bonds. The Hall–Kier alpha value is -3.56. The highest BCUT2D eigenvalue weighted by atomic mass is 35.5. The number of benzene rings is 2.